The van der Waals surface area contributed by atoms with Gasteiger partial charge in [0.2, 0.25) is 5.91 Å². The van der Waals surface area contributed by atoms with Crippen molar-refractivity contribution in [2.75, 3.05) is 32.4 Å². The molecule has 3 aromatic rings. The number of rotatable bonds is 9. The molecule has 1 N–H and O–H groups in total. The van der Waals surface area contributed by atoms with Gasteiger partial charge in [0.25, 0.3) is 0 Å². The van der Waals surface area contributed by atoms with E-state index >= 15 is 0 Å². The van der Waals surface area contributed by atoms with E-state index in [0.717, 1.165) is 35.3 Å². The number of carbonyl (C=O) groups is 2. The van der Waals surface area contributed by atoms with Crippen LogP contribution in [0.15, 0.2) is 23.4 Å². The van der Waals surface area contributed by atoms with Gasteiger partial charge in [0.15, 0.2) is 22.5 Å². The number of thioether (sulfide) groups is 1. The molecule has 2 aromatic heterocycles. The molecule has 1 aliphatic carbocycles. The van der Waals surface area contributed by atoms with Gasteiger partial charge in [-0.25, -0.2) is 4.79 Å². The van der Waals surface area contributed by atoms with Gasteiger partial charge in [0, 0.05) is 17.0 Å². The Bertz CT molecular complexity index is 1270. The van der Waals surface area contributed by atoms with Gasteiger partial charge in [0.05, 0.1) is 32.6 Å². The Hall–Kier alpha value is -3.05. The van der Waals surface area contributed by atoms with Crippen molar-refractivity contribution in [2.24, 2.45) is 5.92 Å². The number of carbonyl (C=O) groups excluding carboxylic acids is 2. The first-order valence-electron chi connectivity index (χ1n) is 11.7. The van der Waals surface area contributed by atoms with Crippen molar-refractivity contribution in [1.29, 1.82) is 0 Å². The Morgan fingerprint density at radius 1 is 1.19 bits per heavy atom. The minimum absolute atomic E-state index is 0.129. The molecule has 0 fully saturated rings. The van der Waals surface area contributed by atoms with Crippen molar-refractivity contribution in [3.63, 3.8) is 0 Å². The van der Waals surface area contributed by atoms with Crippen LogP contribution in [0.25, 0.3) is 11.4 Å². The van der Waals surface area contributed by atoms with E-state index in [1.165, 1.54) is 30.2 Å². The van der Waals surface area contributed by atoms with Crippen LogP contribution in [0, 0.1) is 5.92 Å². The molecule has 2 heterocycles. The van der Waals surface area contributed by atoms with Crippen molar-refractivity contribution in [2.45, 2.75) is 44.8 Å². The number of aromatic nitrogens is 3. The summed E-state index contributed by atoms with van der Waals surface area (Å²) in [5.74, 6) is 1.97. The summed E-state index contributed by atoms with van der Waals surface area (Å²) in [6.45, 7) is 4.83. The Kier molecular flexibility index (Phi) is 8.20. The molecule has 4 rings (SSSR count). The van der Waals surface area contributed by atoms with E-state index < -0.39 is 5.97 Å². The monoisotopic (exact) mass is 530 g/mol. The number of thiophene rings is 1. The molecule has 1 aromatic carbocycles. The maximum absolute atomic E-state index is 12.9. The molecule has 0 radical (unpaired) electrons. The van der Waals surface area contributed by atoms with Crippen LogP contribution in [-0.4, -0.2) is 53.7 Å². The summed E-state index contributed by atoms with van der Waals surface area (Å²) in [5.41, 5.74) is 2.34. The SMILES string of the molecule is CCn1c(SCC(=O)Nc2sc3c(c2C(=O)OC)CCC(C)C3)nnc1-c1ccc(OC)c(OC)c1. The van der Waals surface area contributed by atoms with Crippen LogP contribution in [0.2, 0.25) is 0 Å². The Balaban J connectivity index is 1.50. The van der Waals surface area contributed by atoms with Gasteiger partial charge in [-0.05, 0) is 55.9 Å². The quantitative estimate of drug-likeness (QED) is 0.314. The van der Waals surface area contributed by atoms with Crippen LogP contribution in [0.4, 0.5) is 5.00 Å². The molecule has 1 amide bonds. The number of amides is 1. The van der Waals surface area contributed by atoms with E-state index in [9.17, 15) is 9.59 Å². The Morgan fingerprint density at radius 3 is 2.67 bits per heavy atom. The molecule has 1 atom stereocenters. The van der Waals surface area contributed by atoms with E-state index in [1.54, 1.807) is 14.2 Å². The number of hydrogen-bond acceptors (Lipinski definition) is 9. The first-order valence-corrected chi connectivity index (χ1v) is 13.5. The predicted molar refractivity (Wildman–Crippen MR) is 140 cm³/mol. The van der Waals surface area contributed by atoms with E-state index in [0.29, 0.717) is 45.5 Å². The number of anilines is 1. The number of hydrogen-bond donors (Lipinski definition) is 1. The maximum atomic E-state index is 12.9. The van der Waals surface area contributed by atoms with E-state index in [-0.39, 0.29) is 11.7 Å². The smallest absolute Gasteiger partial charge is 0.341 e. The van der Waals surface area contributed by atoms with Gasteiger partial charge in [-0.3, -0.25) is 4.79 Å². The molecule has 9 nitrogen and oxygen atoms in total. The first-order chi connectivity index (χ1) is 17.4. The zero-order valence-corrected chi connectivity index (χ0v) is 22.7. The summed E-state index contributed by atoms with van der Waals surface area (Å²) in [6, 6.07) is 5.57. The zero-order valence-electron chi connectivity index (χ0n) is 21.0. The number of ether oxygens (including phenoxy) is 3. The lowest BCUT2D eigenvalue weighted by Gasteiger charge is -2.18. The van der Waals surface area contributed by atoms with E-state index in [1.807, 2.05) is 29.7 Å². The molecular formula is C25H30N4O5S2. The minimum Gasteiger partial charge on any atom is -0.493 e. The van der Waals surface area contributed by atoms with E-state index in [2.05, 4.69) is 22.4 Å². The van der Waals surface area contributed by atoms with Gasteiger partial charge in [-0.2, -0.15) is 0 Å². The van der Waals surface area contributed by atoms with Gasteiger partial charge in [-0.1, -0.05) is 18.7 Å². The number of fused-ring (bicyclic) bond motifs is 1. The molecule has 0 aliphatic heterocycles. The average Bonchev–Trinajstić information content (AvgIpc) is 3.46. The van der Waals surface area contributed by atoms with Crippen LogP contribution < -0.4 is 14.8 Å². The Morgan fingerprint density at radius 2 is 1.97 bits per heavy atom. The lowest BCUT2D eigenvalue weighted by molar-refractivity contribution is -0.113. The largest absolute Gasteiger partial charge is 0.493 e. The fourth-order valence-electron chi connectivity index (χ4n) is 4.32. The van der Waals surface area contributed by atoms with Crippen LogP contribution >= 0.6 is 23.1 Å². The minimum atomic E-state index is -0.407. The van der Waals surface area contributed by atoms with Crippen molar-refractivity contribution in [3.05, 3.63) is 34.2 Å². The molecule has 1 unspecified atom stereocenters. The fraction of sp³-hybridized carbons (Fsp3) is 0.440. The van der Waals surface area contributed by atoms with Gasteiger partial charge < -0.3 is 24.1 Å². The molecule has 192 valence electrons. The van der Waals surface area contributed by atoms with Crippen molar-refractivity contribution in [3.8, 4) is 22.9 Å². The molecule has 0 saturated carbocycles. The highest BCUT2D eigenvalue weighted by Crippen LogP contribution is 2.40. The highest BCUT2D eigenvalue weighted by Gasteiger charge is 2.29. The number of benzene rings is 1. The summed E-state index contributed by atoms with van der Waals surface area (Å²) in [7, 11) is 4.54. The van der Waals surface area contributed by atoms with Crippen LogP contribution in [-0.2, 0) is 28.9 Å². The molecule has 0 bridgehead atoms. The second-order valence-electron chi connectivity index (χ2n) is 8.50. The van der Waals surface area contributed by atoms with Crippen LogP contribution in [0.3, 0.4) is 0 Å². The van der Waals surface area contributed by atoms with Crippen molar-refractivity contribution in [1.82, 2.24) is 14.8 Å². The summed E-state index contributed by atoms with van der Waals surface area (Å²) in [6.07, 6.45) is 2.75. The first kappa shape index (κ1) is 26.0. The van der Waals surface area contributed by atoms with E-state index in [4.69, 9.17) is 14.2 Å². The standard InChI is InChI=1S/C25H30N4O5S2/c1-6-29-22(15-8-10-17(32-3)18(12-15)33-4)27-28-25(29)35-13-20(30)26-23-21(24(31)34-5)16-9-7-14(2)11-19(16)36-23/h8,10,12,14H,6-7,9,11,13H2,1-5H3,(H,26,30). The van der Waals surface area contributed by atoms with Crippen LogP contribution in [0.1, 0.15) is 41.1 Å². The fourth-order valence-corrected chi connectivity index (χ4v) is 6.54. The lowest BCUT2D eigenvalue weighted by Crippen LogP contribution is -2.17. The summed E-state index contributed by atoms with van der Waals surface area (Å²) >= 11 is 2.77. The Labute approximate surface area is 218 Å². The topological polar surface area (TPSA) is 105 Å². The highest BCUT2D eigenvalue weighted by atomic mass is 32.2. The van der Waals surface area contributed by atoms with Gasteiger partial charge >= 0.3 is 5.97 Å². The second kappa shape index (κ2) is 11.3. The molecular weight excluding hydrogens is 500 g/mol. The van der Waals surface area contributed by atoms with Crippen LogP contribution in [0.5, 0.6) is 11.5 Å². The van der Waals surface area contributed by atoms with Crippen molar-refractivity contribution < 1.29 is 23.8 Å². The third kappa shape index (κ3) is 5.22. The third-order valence-corrected chi connectivity index (χ3v) is 8.30. The summed E-state index contributed by atoms with van der Waals surface area (Å²) in [5, 5.41) is 12.8. The zero-order chi connectivity index (χ0) is 25.8. The van der Waals surface area contributed by atoms with Crippen molar-refractivity contribution >= 4 is 40.0 Å². The summed E-state index contributed by atoms with van der Waals surface area (Å²) < 4.78 is 17.7. The molecule has 36 heavy (non-hydrogen) atoms. The predicted octanol–water partition coefficient (Wildman–Crippen LogP) is 4.69. The highest BCUT2D eigenvalue weighted by molar-refractivity contribution is 7.99. The second-order valence-corrected chi connectivity index (χ2v) is 10.6. The third-order valence-electron chi connectivity index (χ3n) is 6.16. The lowest BCUT2D eigenvalue weighted by atomic mass is 9.88. The number of methoxy groups -OCH3 is 3. The molecule has 0 spiro atoms. The number of esters is 1. The van der Waals surface area contributed by atoms with Gasteiger partial charge in [0.1, 0.15) is 5.00 Å². The maximum Gasteiger partial charge on any atom is 0.341 e. The molecule has 1 aliphatic rings. The average molecular weight is 531 g/mol. The number of nitrogens with zero attached hydrogens (tertiary/aromatic N) is 3. The summed E-state index contributed by atoms with van der Waals surface area (Å²) in [4.78, 5) is 26.6. The normalized spacial score (nSPS) is 14.8. The molecule has 0 saturated heterocycles. The number of nitrogens with one attached hydrogen (secondary N) is 1. The van der Waals surface area contributed by atoms with Gasteiger partial charge in [-0.15, -0.1) is 21.5 Å². The molecule has 11 heteroatoms.